The fourth-order valence-electron chi connectivity index (χ4n) is 2.26. The second-order valence-electron chi connectivity index (χ2n) is 7.26. The number of hydrogen-bond donors (Lipinski definition) is 1. The van der Waals surface area contributed by atoms with Crippen LogP contribution in [0.15, 0.2) is 18.2 Å². The molecule has 0 amide bonds. The van der Waals surface area contributed by atoms with Crippen LogP contribution >= 0.6 is 0 Å². The van der Waals surface area contributed by atoms with Crippen LogP contribution in [-0.4, -0.2) is 29.4 Å². The minimum atomic E-state index is -1.33. The molecule has 1 heterocycles. The minimum absolute atomic E-state index is 0.118. The molecule has 0 saturated carbocycles. The number of aliphatic carboxylic acids is 1. The Balaban J connectivity index is 2.42. The second kappa shape index (κ2) is 5.06. The van der Waals surface area contributed by atoms with Gasteiger partial charge in [-0.2, -0.15) is 0 Å². The van der Waals surface area contributed by atoms with E-state index in [0.717, 1.165) is 0 Å². The van der Waals surface area contributed by atoms with Gasteiger partial charge < -0.3 is 14.4 Å². The summed E-state index contributed by atoms with van der Waals surface area (Å²) in [6.07, 6.45) is 0. The van der Waals surface area contributed by atoms with Crippen molar-refractivity contribution in [1.29, 1.82) is 0 Å². The Morgan fingerprint density at radius 1 is 1.18 bits per heavy atom. The Bertz CT molecular complexity index is 594. The number of halogens is 1. The zero-order chi connectivity index (χ0) is 16.9. The van der Waals surface area contributed by atoms with Crippen LogP contribution < -0.4 is 5.46 Å². The first-order valence-corrected chi connectivity index (χ1v) is 7.27. The molecule has 0 unspecified atom stereocenters. The first-order valence-electron chi connectivity index (χ1n) is 7.27. The zero-order valence-corrected chi connectivity index (χ0v) is 13.9. The predicted octanol–water partition coefficient (Wildman–Crippen LogP) is 2.49. The SMILES string of the molecule is CC(C)(C(=O)O)c1cc(B2OC(C)(C)C(C)(C)O2)ccc1F. The molecule has 0 radical (unpaired) electrons. The number of carbonyl (C=O) groups is 1. The Labute approximate surface area is 130 Å². The fourth-order valence-corrected chi connectivity index (χ4v) is 2.26. The van der Waals surface area contributed by atoms with Gasteiger partial charge in [0.15, 0.2) is 0 Å². The predicted molar refractivity (Wildman–Crippen MR) is 82.8 cm³/mol. The Hall–Kier alpha value is -1.40. The molecule has 120 valence electrons. The molecule has 1 aliphatic heterocycles. The monoisotopic (exact) mass is 308 g/mol. The molecule has 0 atom stereocenters. The number of carboxylic acid groups (broad SMARTS) is 1. The summed E-state index contributed by atoms with van der Waals surface area (Å²) in [5.41, 5.74) is -1.61. The average molecular weight is 308 g/mol. The van der Waals surface area contributed by atoms with E-state index in [0.29, 0.717) is 5.46 Å². The van der Waals surface area contributed by atoms with Crippen molar-refractivity contribution in [1.82, 2.24) is 0 Å². The molecule has 22 heavy (non-hydrogen) atoms. The first-order chi connectivity index (χ1) is 9.88. The van der Waals surface area contributed by atoms with E-state index in [1.54, 1.807) is 6.07 Å². The highest BCUT2D eigenvalue weighted by Crippen LogP contribution is 2.36. The van der Waals surface area contributed by atoms with E-state index in [2.05, 4.69) is 0 Å². The molecule has 2 rings (SSSR count). The highest BCUT2D eigenvalue weighted by molar-refractivity contribution is 6.62. The molecule has 0 aromatic heterocycles. The summed E-state index contributed by atoms with van der Waals surface area (Å²) >= 11 is 0. The summed E-state index contributed by atoms with van der Waals surface area (Å²) in [7, 11) is -0.644. The maximum atomic E-state index is 14.1. The van der Waals surface area contributed by atoms with Crippen molar-refractivity contribution in [3.8, 4) is 0 Å². The van der Waals surface area contributed by atoms with Gasteiger partial charge in [0.05, 0.1) is 16.6 Å². The molecular formula is C16H22BFO4. The van der Waals surface area contributed by atoms with E-state index in [1.165, 1.54) is 26.0 Å². The highest BCUT2D eigenvalue weighted by Gasteiger charge is 2.52. The smallest absolute Gasteiger partial charge is 0.481 e. The molecular weight excluding hydrogens is 286 g/mol. The van der Waals surface area contributed by atoms with Crippen LogP contribution in [0.1, 0.15) is 47.1 Å². The summed E-state index contributed by atoms with van der Waals surface area (Å²) in [5.74, 6) is -1.63. The van der Waals surface area contributed by atoms with Crippen LogP contribution in [0, 0.1) is 5.82 Å². The van der Waals surface area contributed by atoms with Crippen LogP contribution in [0.2, 0.25) is 0 Å². The van der Waals surface area contributed by atoms with Gasteiger partial charge in [0.1, 0.15) is 5.82 Å². The second-order valence-corrected chi connectivity index (χ2v) is 7.26. The van der Waals surface area contributed by atoms with Crippen molar-refractivity contribution in [2.45, 2.75) is 58.2 Å². The lowest BCUT2D eigenvalue weighted by molar-refractivity contribution is -0.142. The van der Waals surface area contributed by atoms with Crippen LogP contribution in [0.5, 0.6) is 0 Å². The van der Waals surface area contributed by atoms with Gasteiger partial charge >= 0.3 is 13.1 Å². The Kier molecular flexibility index (Phi) is 3.91. The summed E-state index contributed by atoms with van der Waals surface area (Å²) in [5, 5.41) is 9.31. The molecule has 0 bridgehead atoms. The molecule has 1 aliphatic rings. The van der Waals surface area contributed by atoms with E-state index in [1.807, 2.05) is 27.7 Å². The third-order valence-corrected chi connectivity index (χ3v) is 4.72. The lowest BCUT2D eigenvalue weighted by atomic mass is 9.74. The van der Waals surface area contributed by atoms with Crippen molar-refractivity contribution in [3.05, 3.63) is 29.6 Å². The average Bonchev–Trinajstić information content (AvgIpc) is 2.58. The standard InChI is InChI=1S/C16H22BFO4/c1-14(2,13(19)20)11-9-10(7-8-12(11)18)17-21-15(3,4)16(5,6)22-17/h7-9H,1-6H3,(H,19,20). The summed E-state index contributed by atoms with van der Waals surface area (Å²) in [6, 6.07) is 4.35. The lowest BCUT2D eigenvalue weighted by Crippen LogP contribution is -2.41. The molecule has 4 nitrogen and oxygen atoms in total. The molecule has 0 spiro atoms. The molecule has 0 aliphatic carbocycles. The fraction of sp³-hybridized carbons (Fsp3) is 0.562. The molecule has 1 saturated heterocycles. The van der Waals surface area contributed by atoms with Gasteiger partial charge in [-0.05, 0) is 53.1 Å². The van der Waals surface area contributed by atoms with E-state index < -0.39 is 35.5 Å². The van der Waals surface area contributed by atoms with Crippen LogP contribution in [0.25, 0.3) is 0 Å². The third-order valence-electron chi connectivity index (χ3n) is 4.72. The summed E-state index contributed by atoms with van der Waals surface area (Å²) < 4.78 is 25.9. The van der Waals surface area contributed by atoms with Gasteiger partial charge in [0.2, 0.25) is 0 Å². The summed E-state index contributed by atoms with van der Waals surface area (Å²) in [6.45, 7) is 10.7. The number of hydrogen-bond acceptors (Lipinski definition) is 3. The van der Waals surface area contributed by atoms with E-state index in [-0.39, 0.29) is 5.56 Å². The molecule has 6 heteroatoms. The van der Waals surface area contributed by atoms with Crippen molar-refractivity contribution < 1.29 is 23.6 Å². The number of benzene rings is 1. The van der Waals surface area contributed by atoms with E-state index in [9.17, 15) is 14.3 Å². The zero-order valence-electron chi connectivity index (χ0n) is 13.9. The van der Waals surface area contributed by atoms with Crippen LogP contribution in [-0.2, 0) is 19.5 Å². The number of rotatable bonds is 3. The van der Waals surface area contributed by atoms with Gasteiger partial charge in [0.25, 0.3) is 0 Å². The lowest BCUT2D eigenvalue weighted by Gasteiger charge is -2.32. The molecule has 1 fully saturated rings. The Morgan fingerprint density at radius 2 is 1.68 bits per heavy atom. The van der Waals surface area contributed by atoms with Crippen LogP contribution in [0.4, 0.5) is 4.39 Å². The topological polar surface area (TPSA) is 55.8 Å². The minimum Gasteiger partial charge on any atom is -0.481 e. The van der Waals surface area contributed by atoms with E-state index in [4.69, 9.17) is 9.31 Å². The number of carboxylic acids is 1. The summed E-state index contributed by atoms with van der Waals surface area (Å²) in [4.78, 5) is 11.4. The van der Waals surface area contributed by atoms with E-state index >= 15 is 0 Å². The van der Waals surface area contributed by atoms with Gasteiger partial charge in [-0.25, -0.2) is 4.39 Å². The van der Waals surface area contributed by atoms with Crippen molar-refractivity contribution in [3.63, 3.8) is 0 Å². The largest absolute Gasteiger partial charge is 0.494 e. The van der Waals surface area contributed by atoms with Crippen molar-refractivity contribution in [2.24, 2.45) is 0 Å². The Morgan fingerprint density at radius 3 is 2.14 bits per heavy atom. The maximum absolute atomic E-state index is 14.1. The first kappa shape index (κ1) is 17.0. The van der Waals surface area contributed by atoms with Gasteiger partial charge in [-0.1, -0.05) is 12.1 Å². The quantitative estimate of drug-likeness (QED) is 0.872. The highest BCUT2D eigenvalue weighted by atomic mass is 19.1. The molecule has 1 aromatic rings. The normalized spacial score (nSPS) is 20.2. The van der Waals surface area contributed by atoms with Crippen molar-refractivity contribution in [2.75, 3.05) is 0 Å². The van der Waals surface area contributed by atoms with Crippen molar-refractivity contribution >= 4 is 18.6 Å². The van der Waals surface area contributed by atoms with Gasteiger partial charge in [-0.3, -0.25) is 4.79 Å². The van der Waals surface area contributed by atoms with Gasteiger partial charge in [0, 0.05) is 5.56 Å². The maximum Gasteiger partial charge on any atom is 0.494 e. The van der Waals surface area contributed by atoms with Gasteiger partial charge in [-0.15, -0.1) is 0 Å². The molecule has 1 aromatic carbocycles. The third kappa shape index (κ3) is 2.65. The van der Waals surface area contributed by atoms with Crippen LogP contribution in [0.3, 0.4) is 0 Å². The molecule has 1 N–H and O–H groups in total.